The molecule has 2 nitrogen and oxygen atoms in total. The fraction of sp³-hybridized carbons (Fsp3) is 0.700. The Morgan fingerprint density at radius 2 is 1.64 bits per heavy atom. The summed E-state index contributed by atoms with van der Waals surface area (Å²) < 4.78 is 5.77. The van der Waals surface area contributed by atoms with Crippen molar-refractivity contribution in [3.63, 3.8) is 0 Å². The summed E-state index contributed by atoms with van der Waals surface area (Å²) in [6, 6.07) is 8.86. The number of rotatable bonds is 11. The van der Waals surface area contributed by atoms with E-state index in [4.69, 9.17) is 4.74 Å². The van der Waals surface area contributed by atoms with Crippen molar-refractivity contribution < 1.29 is 4.74 Å². The van der Waals surface area contributed by atoms with E-state index in [9.17, 15) is 0 Å². The lowest BCUT2D eigenvalue weighted by atomic mass is 10.00. The standard InChI is InChI=1S/C20H33NO/c1-2-3-4-5-6-9-16-22-17-10-14-21-15-13-19-11-7-8-12-20(19)18-21/h7-8,11-12H,2-6,9-10,13-18H2,1H3. The zero-order valence-corrected chi connectivity index (χ0v) is 14.4. The van der Waals surface area contributed by atoms with Gasteiger partial charge in [-0.25, -0.2) is 0 Å². The summed E-state index contributed by atoms with van der Waals surface area (Å²) in [4.78, 5) is 2.57. The molecule has 0 radical (unpaired) electrons. The molecular formula is C20H33NO. The lowest BCUT2D eigenvalue weighted by molar-refractivity contribution is 0.115. The summed E-state index contributed by atoms with van der Waals surface area (Å²) in [6.45, 7) is 7.64. The molecule has 0 unspecified atom stereocenters. The van der Waals surface area contributed by atoms with Crippen LogP contribution in [0.2, 0.25) is 0 Å². The van der Waals surface area contributed by atoms with Gasteiger partial charge in [0.2, 0.25) is 0 Å². The third-order valence-corrected chi connectivity index (χ3v) is 4.61. The molecule has 1 aliphatic heterocycles. The maximum absolute atomic E-state index is 5.77. The highest BCUT2D eigenvalue weighted by atomic mass is 16.5. The molecular weight excluding hydrogens is 270 g/mol. The molecule has 0 spiro atoms. The van der Waals surface area contributed by atoms with Crippen LogP contribution in [0, 0.1) is 0 Å². The van der Waals surface area contributed by atoms with Crippen molar-refractivity contribution in [3.05, 3.63) is 35.4 Å². The van der Waals surface area contributed by atoms with Crippen molar-refractivity contribution in [2.24, 2.45) is 0 Å². The average molecular weight is 303 g/mol. The van der Waals surface area contributed by atoms with E-state index in [-0.39, 0.29) is 0 Å². The van der Waals surface area contributed by atoms with Crippen molar-refractivity contribution in [1.29, 1.82) is 0 Å². The van der Waals surface area contributed by atoms with Crippen LogP contribution in [-0.4, -0.2) is 31.2 Å². The van der Waals surface area contributed by atoms with Crippen molar-refractivity contribution in [3.8, 4) is 0 Å². The predicted octanol–water partition coefficient (Wildman–Crippen LogP) is 4.81. The van der Waals surface area contributed by atoms with E-state index in [0.717, 1.165) is 26.2 Å². The van der Waals surface area contributed by atoms with E-state index < -0.39 is 0 Å². The molecule has 1 aliphatic rings. The van der Waals surface area contributed by atoms with Gasteiger partial charge in [-0.15, -0.1) is 0 Å². The molecule has 1 heterocycles. The maximum atomic E-state index is 5.77. The van der Waals surface area contributed by atoms with E-state index in [2.05, 4.69) is 36.1 Å². The summed E-state index contributed by atoms with van der Waals surface area (Å²) in [7, 11) is 0. The van der Waals surface area contributed by atoms with Crippen molar-refractivity contribution >= 4 is 0 Å². The van der Waals surface area contributed by atoms with Crippen molar-refractivity contribution in [2.45, 2.75) is 64.8 Å². The van der Waals surface area contributed by atoms with Gasteiger partial charge in [-0.2, -0.15) is 0 Å². The molecule has 0 fully saturated rings. The zero-order chi connectivity index (χ0) is 15.5. The molecule has 0 N–H and O–H groups in total. The van der Waals surface area contributed by atoms with Gasteiger partial charge < -0.3 is 4.74 Å². The predicted molar refractivity (Wildman–Crippen MR) is 94.2 cm³/mol. The van der Waals surface area contributed by atoms with Crippen LogP contribution in [-0.2, 0) is 17.7 Å². The molecule has 0 bridgehead atoms. The first-order chi connectivity index (χ1) is 10.9. The number of nitrogens with zero attached hydrogens (tertiary/aromatic N) is 1. The lowest BCUT2D eigenvalue weighted by Crippen LogP contribution is -2.31. The molecule has 124 valence electrons. The topological polar surface area (TPSA) is 12.5 Å². The number of hydrogen-bond acceptors (Lipinski definition) is 2. The van der Waals surface area contributed by atoms with Crippen LogP contribution in [0.5, 0.6) is 0 Å². The second kappa shape index (κ2) is 10.8. The fourth-order valence-electron chi connectivity index (χ4n) is 3.22. The van der Waals surface area contributed by atoms with Crippen molar-refractivity contribution in [2.75, 3.05) is 26.3 Å². The first-order valence-electron chi connectivity index (χ1n) is 9.27. The fourth-order valence-corrected chi connectivity index (χ4v) is 3.22. The minimum atomic E-state index is 0.924. The van der Waals surface area contributed by atoms with Crippen molar-refractivity contribution in [1.82, 2.24) is 4.90 Å². The number of ether oxygens (including phenoxy) is 1. The third-order valence-electron chi connectivity index (χ3n) is 4.61. The number of benzene rings is 1. The summed E-state index contributed by atoms with van der Waals surface area (Å²) >= 11 is 0. The molecule has 2 heteroatoms. The van der Waals surface area contributed by atoms with E-state index in [1.165, 1.54) is 69.2 Å². The Morgan fingerprint density at radius 3 is 2.50 bits per heavy atom. The van der Waals surface area contributed by atoms with E-state index in [0.29, 0.717) is 0 Å². The first kappa shape index (κ1) is 17.5. The van der Waals surface area contributed by atoms with Gasteiger partial charge in [0, 0.05) is 32.8 Å². The summed E-state index contributed by atoms with van der Waals surface area (Å²) in [5, 5.41) is 0. The molecule has 0 saturated heterocycles. The van der Waals surface area contributed by atoms with Gasteiger partial charge in [0.25, 0.3) is 0 Å². The van der Waals surface area contributed by atoms with Gasteiger partial charge in [0.05, 0.1) is 0 Å². The van der Waals surface area contributed by atoms with E-state index in [1.807, 2.05) is 0 Å². The Balaban J connectivity index is 1.45. The van der Waals surface area contributed by atoms with Crippen LogP contribution in [0.1, 0.15) is 63.0 Å². The van der Waals surface area contributed by atoms with E-state index in [1.54, 1.807) is 0 Å². The van der Waals surface area contributed by atoms with Crippen LogP contribution >= 0.6 is 0 Å². The maximum Gasteiger partial charge on any atom is 0.0478 e. The van der Waals surface area contributed by atoms with Crippen LogP contribution < -0.4 is 0 Å². The largest absolute Gasteiger partial charge is 0.381 e. The molecule has 0 aromatic heterocycles. The summed E-state index contributed by atoms with van der Waals surface area (Å²) in [5.74, 6) is 0. The second-order valence-corrected chi connectivity index (χ2v) is 6.53. The van der Waals surface area contributed by atoms with Gasteiger partial charge in [0.1, 0.15) is 0 Å². The first-order valence-corrected chi connectivity index (χ1v) is 9.27. The van der Waals surface area contributed by atoms with Crippen LogP contribution in [0.25, 0.3) is 0 Å². The molecule has 0 amide bonds. The van der Waals surface area contributed by atoms with Gasteiger partial charge in [0.15, 0.2) is 0 Å². The van der Waals surface area contributed by atoms with Gasteiger partial charge in [-0.1, -0.05) is 63.3 Å². The molecule has 1 aromatic rings. The summed E-state index contributed by atoms with van der Waals surface area (Å²) in [6.07, 6.45) is 10.4. The van der Waals surface area contributed by atoms with E-state index >= 15 is 0 Å². The number of hydrogen-bond donors (Lipinski definition) is 0. The molecule has 1 aromatic carbocycles. The lowest BCUT2D eigenvalue weighted by Gasteiger charge is -2.28. The van der Waals surface area contributed by atoms with Crippen LogP contribution in [0.15, 0.2) is 24.3 Å². The highest BCUT2D eigenvalue weighted by Gasteiger charge is 2.14. The monoisotopic (exact) mass is 303 g/mol. The Labute approximate surface area is 136 Å². The molecule has 0 aliphatic carbocycles. The Bertz CT molecular complexity index is 404. The van der Waals surface area contributed by atoms with Crippen LogP contribution in [0.4, 0.5) is 0 Å². The highest BCUT2D eigenvalue weighted by Crippen LogP contribution is 2.18. The van der Waals surface area contributed by atoms with Gasteiger partial charge in [-0.3, -0.25) is 4.90 Å². The summed E-state index contributed by atoms with van der Waals surface area (Å²) in [5.41, 5.74) is 3.06. The Kier molecular flexibility index (Phi) is 8.59. The quantitative estimate of drug-likeness (QED) is 0.544. The average Bonchev–Trinajstić information content (AvgIpc) is 2.56. The second-order valence-electron chi connectivity index (χ2n) is 6.53. The molecule has 22 heavy (non-hydrogen) atoms. The van der Waals surface area contributed by atoms with Crippen LogP contribution in [0.3, 0.4) is 0 Å². The molecule has 2 rings (SSSR count). The number of fused-ring (bicyclic) bond motifs is 1. The molecule has 0 atom stereocenters. The smallest absolute Gasteiger partial charge is 0.0478 e. The Hall–Kier alpha value is -0.860. The zero-order valence-electron chi connectivity index (χ0n) is 14.4. The third kappa shape index (κ3) is 6.50. The minimum absolute atomic E-state index is 0.924. The Morgan fingerprint density at radius 1 is 0.909 bits per heavy atom. The van der Waals surface area contributed by atoms with Gasteiger partial charge in [-0.05, 0) is 30.4 Å². The normalized spacial score (nSPS) is 15.0. The minimum Gasteiger partial charge on any atom is -0.381 e. The number of unbranched alkanes of at least 4 members (excludes halogenated alkanes) is 5. The SMILES string of the molecule is CCCCCCCCOCCCN1CCc2ccccc2C1. The highest BCUT2D eigenvalue weighted by molar-refractivity contribution is 5.28. The van der Waals surface area contributed by atoms with Gasteiger partial charge >= 0.3 is 0 Å². The molecule has 0 saturated carbocycles.